The summed E-state index contributed by atoms with van der Waals surface area (Å²) in [6.45, 7) is 2.21. The van der Waals surface area contributed by atoms with Crippen LogP contribution in [0.5, 0.6) is 0 Å². The summed E-state index contributed by atoms with van der Waals surface area (Å²) in [4.78, 5) is 18.2. The Bertz CT molecular complexity index is 423. The number of halogens is 1. The quantitative estimate of drug-likeness (QED) is 0.818. The van der Waals surface area contributed by atoms with Gasteiger partial charge in [-0.1, -0.05) is 19.3 Å². The first-order valence-corrected chi connectivity index (χ1v) is 6.70. The van der Waals surface area contributed by atoms with E-state index in [0.717, 1.165) is 12.8 Å². The van der Waals surface area contributed by atoms with Gasteiger partial charge in [-0.2, -0.15) is 0 Å². The van der Waals surface area contributed by atoms with Gasteiger partial charge < -0.3 is 10.3 Å². The molecule has 1 aliphatic carbocycles. The summed E-state index contributed by atoms with van der Waals surface area (Å²) in [5.41, 5.74) is 0.0244. The van der Waals surface area contributed by atoms with Gasteiger partial charge in [0.05, 0.1) is 6.33 Å². The maximum absolute atomic E-state index is 11.4. The van der Waals surface area contributed by atoms with Crippen molar-refractivity contribution in [3.63, 3.8) is 0 Å². The summed E-state index contributed by atoms with van der Waals surface area (Å²) in [7, 11) is 0. The molecule has 1 aromatic rings. The molecule has 5 heteroatoms. The third-order valence-corrected chi connectivity index (χ3v) is 4.17. The number of aromatic amines is 1. The average Bonchev–Trinajstić information content (AvgIpc) is 2.26. The van der Waals surface area contributed by atoms with Crippen LogP contribution in [0.25, 0.3) is 0 Å². The molecule has 0 aliphatic heterocycles. The van der Waals surface area contributed by atoms with Crippen molar-refractivity contribution < 1.29 is 0 Å². The zero-order valence-corrected chi connectivity index (χ0v) is 11.5. The number of rotatable bonds is 2. The van der Waals surface area contributed by atoms with Crippen LogP contribution in [-0.2, 0) is 0 Å². The molecule has 2 rings (SSSR count). The minimum Gasteiger partial charge on any atom is -0.364 e. The number of hydrogen-bond acceptors (Lipinski definition) is 3. The molecule has 4 nitrogen and oxygen atoms in total. The van der Waals surface area contributed by atoms with E-state index in [1.165, 1.54) is 25.6 Å². The second kappa shape index (κ2) is 4.73. The van der Waals surface area contributed by atoms with Crippen molar-refractivity contribution in [3.05, 3.63) is 20.3 Å². The van der Waals surface area contributed by atoms with Crippen LogP contribution in [0.4, 0.5) is 5.82 Å². The summed E-state index contributed by atoms with van der Waals surface area (Å²) in [5.74, 6) is 0.716. The lowest BCUT2D eigenvalue weighted by molar-refractivity contribution is 0.348. The van der Waals surface area contributed by atoms with Crippen LogP contribution >= 0.6 is 22.6 Å². The molecular formula is C11H16IN3O. The van der Waals surface area contributed by atoms with E-state index in [1.54, 1.807) is 0 Å². The summed E-state index contributed by atoms with van der Waals surface area (Å²) in [6.07, 6.45) is 7.58. The highest BCUT2D eigenvalue weighted by atomic mass is 127. The Labute approximate surface area is 108 Å². The SMILES string of the molecule is CC1(Nc2nc[nH]c(=O)c2I)CCCCC1. The number of H-pyrrole nitrogens is 1. The van der Waals surface area contributed by atoms with E-state index < -0.39 is 0 Å². The maximum Gasteiger partial charge on any atom is 0.266 e. The van der Waals surface area contributed by atoms with Crippen LogP contribution in [0.15, 0.2) is 11.1 Å². The predicted molar refractivity (Wildman–Crippen MR) is 72.7 cm³/mol. The Balaban J connectivity index is 2.19. The topological polar surface area (TPSA) is 57.8 Å². The van der Waals surface area contributed by atoms with Gasteiger partial charge in [0, 0.05) is 5.54 Å². The van der Waals surface area contributed by atoms with Crippen molar-refractivity contribution in [3.8, 4) is 0 Å². The molecule has 0 radical (unpaired) electrons. The molecule has 16 heavy (non-hydrogen) atoms. The van der Waals surface area contributed by atoms with E-state index in [2.05, 4.69) is 22.2 Å². The van der Waals surface area contributed by atoms with Crippen LogP contribution < -0.4 is 10.9 Å². The summed E-state index contributed by atoms with van der Waals surface area (Å²) >= 11 is 2.04. The summed E-state index contributed by atoms with van der Waals surface area (Å²) < 4.78 is 0.645. The lowest BCUT2D eigenvalue weighted by Crippen LogP contribution is -2.38. The molecule has 0 unspecified atom stereocenters. The molecule has 1 heterocycles. The van der Waals surface area contributed by atoms with Crippen LogP contribution in [0.2, 0.25) is 0 Å². The molecule has 1 aromatic heterocycles. The van der Waals surface area contributed by atoms with Crippen molar-refractivity contribution >= 4 is 28.4 Å². The fraction of sp³-hybridized carbons (Fsp3) is 0.636. The van der Waals surface area contributed by atoms with Crippen LogP contribution in [0, 0.1) is 3.57 Å². The second-order valence-corrected chi connectivity index (χ2v) is 5.72. The zero-order chi connectivity index (χ0) is 11.6. The molecule has 1 aliphatic rings. The number of anilines is 1. The van der Waals surface area contributed by atoms with Gasteiger partial charge in [-0.05, 0) is 42.4 Å². The van der Waals surface area contributed by atoms with Crippen molar-refractivity contribution in [1.82, 2.24) is 9.97 Å². The van der Waals surface area contributed by atoms with Gasteiger partial charge >= 0.3 is 0 Å². The highest BCUT2D eigenvalue weighted by Crippen LogP contribution is 2.31. The minimum absolute atomic E-state index is 0.0718. The molecule has 0 bridgehead atoms. The first-order valence-electron chi connectivity index (χ1n) is 5.62. The average molecular weight is 333 g/mol. The molecule has 1 saturated carbocycles. The largest absolute Gasteiger partial charge is 0.364 e. The predicted octanol–water partition coefficient (Wildman–Crippen LogP) is 2.51. The van der Waals surface area contributed by atoms with Crippen molar-refractivity contribution in [2.24, 2.45) is 0 Å². The van der Waals surface area contributed by atoms with Gasteiger partial charge in [-0.3, -0.25) is 4.79 Å². The fourth-order valence-corrected chi connectivity index (χ4v) is 2.64. The number of nitrogens with one attached hydrogen (secondary N) is 2. The van der Waals surface area contributed by atoms with E-state index in [0.29, 0.717) is 9.39 Å². The summed E-state index contributed by atoms with van der Waals surface area (Å²) in [5, 5.41) is 3.43. The Hall–Kier alpha value is -0.590. The van der Waals surface area contributed by atoms with Gasteiger partial charge in [-0.15, -0.1) is 0 Å². The van der Waals surface area contributed by atoms with Crippen molar-refractivity contribution in [2.75, 3.05) is 5.32 Å². The Kier molecular flexibility index (Phi) is 3.51. The monoisotopic (exact) mass is 333 g/mol. The van der Waals surface area contributed by atoms with Crippen LogP contribution in [0.1, 0.15) is 39.0 Å². The maximum atomic E-state index is 11.4. The smallest absolute Gasteiger partial charge is 0.266 e. The molecule has 0 aromatic carbocycles. The molecule has 88 valence electrons. The zero-order valence-electron chi connectivity index (χ0n) is 9.35. The Morgan fingerprint density at radius 2 is 2.12 bits per heavy atom. The van der Waals surface area contributed by atoms with Crippen LogP contribution in [-0.4, -0.2) is 15.5 Å². The third-order valence-electron chi connectivity index (χ3n) is 3.17. The lowest BCUT2D eigenvalue weighted by Gasteiger charge is -2.35. The first kappa shape index (κ1) is 11.9. The normalized spacial score (nSPS) is 19.4. The molecule has 0 atom stereocenters. The highest BCUT2D eigenvalue weighted by Gasteiger charge is 2.27. The second-order valence-electron chi connectivity index (χ2n) is 4.64. The first-order chi connectivity index (χ1) is 7.61. The number of nitrogens with zero attached hydrogens (tertiary/aromatic N) is 1. The van der Waals surface area contributed by atoms with E-state index in [9.17, 15) is 4.79 Å². The number of hydrogen-bond donors (Lipinski definition) is 2. The molecule has 1 fully saturated rings. The van der Waals surface area contributed by atoms with Gasteiger partial charge in [0.1, 0.15) is 9.39 Å². The molecule has 0 saturated heterocycles. The van der Waals surface area contributed by atoms with Gasteiger partial charge in [-0.25, -0.2) is 4.98 Å². The lowest BCUT2D eigenvalue weighted by atomic mass is 9.83. The fourth-order valence-electron chi connectivity index (χ4n) is 2.21. The van der Waals surface area contributed by atoms with E-state index in [1.807, 2.05) is 22.6 Å². The van der Waals surface area contributed by atoms with E-state index in [-0.39, 0.29) is 11.1 Å². The van der Waals surface area contributed by atoms with Crippen LogP contribution in [0.3, 0.4) is 0 Å². The van der Waals surface area contributed by atoms with E-state index >= 15 is 0 Å². The standard InChI is InChI=1S/C11H16IN3O/c1-11(5-3-2-4-6-11)15-9-8(12)10(16)14-7-13-9/h7H,2-6H2,1H3,(H2,13,14,15,16). The minimum atomic E-state index is -0.0718. The highest BCUT2D eigenvalue weighted by molar-refractivity contribution is 14.1. The van der Waals surface area contributed by atoms with Gasteiger partial charge in [0.15, 0.2) is 0 Å². The Morgan fingerprint density at radius 1 is 1.44 bits per heavy atom. The van der Waals surface area contributed by atoms with E-state index in [4.69, 9.17) is 0 Å². The third kappa shape index (κ3) is 2.56. The molecule has 2 N–H and O–H groups in total. The molecular weight excluding hydrogens is 317 g/mol. The molecule has 0 spiro atoms. The summed E-state index contributed by atoms with van der Waals surface area (Å²) in [6, 6.07) is 0. The Morgan fingerprint density at radius 3 is 2.81 bits per heavy atom. The van der Waals surface area contributed by atoms with Gasteiger partial charge in [0.25, 0.3) is 5.56 Å². The van der Waals surface area contributed by atoms with Gasteiger partial charge in [0.2, 0.25) is 0 Å². The molecule has 0 amide bonds. The number of aromatic nitrogens is 2. The van der Waals surface area contributed by atoms with Crippen molar-refractivity contribution in [1.29, 1.82) is 0 Å². The van der Waals surface area contributed by atoms with Crippen molar-refractivity contribution in [2.45, 2.75) is 44.6 Å².